The van der Waals surface area contributed by atoms with E-state index in [1.807, 2.05) is 13.8 Å². The Bertz CT molecular complexity index is 1300. The number of likely N-dealkylation sites (tertiary alicyclic amines) is 1. The van der Waals surface area contributed by atoms with E-state index in [2.05, 4.69) is 57.1 Å². The lowest BCUT2D eigenvalue weighted by atomic mass is 9.85. The molecule has 5 rings (SSSR count). The van der Waals surface area contributed by atoms with Gasteiger partial charge in [-0.1, -0.05) is 19.9 Å². The van der Waals surface area contributed by atoms with Crippen LogP contribution in [0.15, 0.2) is 42.7 Å². The maximum Gasteiger partial charge on any atom is 0.258 e. The standard InChI is InChI=1S/C32H44N6O2/c1-21(2)24-13-17-37(18-14-24)20-23-5-10-28-29(19-23)38(27-8-6-25(7-9-27)30(39)34-22(3)4)32(35-28)36-31(40)26-11-15-33-16-12-26/h5,10-12,15-16,19,21-22,24-25,27H,6-9,13-14,17-18,20H2,1-4H3,(H,34,39)(H,35,36,40). The highest BCUT2D eigenvalue weighted by molar-refractivity contribution is 6.04. The predicted molar refractivity (Wildman–Crippen MR) is 159 cm³/mol. The molecular formula is C32H44N6O2. The van der Waals surface area contributed by atoms with Gasteiger partial charge in [0.1, 0.15) is 0 Å². The minimum atomic E-state index is -0.197. The molecule has 40 heavy (non-hydrogen) atoms. The molecule has 0 radical (unpaired) electrons. The zero-order chi connectivity index (χ0) is 28.2. The summed E-state index contributed by atoms with van der Waals surface area (Å²) in [7, 11) is 0. The average molecular weight is 545 g/mol. The molecule has 2 amide bonds. The first-order chi connectivity index (χ1) is 19.3. The van der Waals surface area contributed by atoms with E-state index in [4.69, 9.17) is 4.98 Å². The molecule has 1 aliphatic heterocycles. The summed E-state index contributed by atoms with van der Waals surface area (Å²) >= 11 is 0. The van der Waals surface area contributed by atoms with Gasteiger partial charge in [-0.25, -0.2) is 4.98 Å². The molecule has 0 atom stereocenters. The van der Waals surface area contributed by atoms with Crippen molar-refractivity contribution in [2.75, 3.05) is 18.4 Å². The van der Waals surface area contributed by atoms with Crippen LogP contribution in [0.1, 0.15) is 88.2 Å². The van der Waals surface area contributed by atoms with Crippen molar-refractivity contribution in [3.63, 3.8) is 0 Å². The quantitative estimate of drug-likeness (QED) is 0.374. The number of rotatable bonds is 8. The van der Waals surface area contributed by atoms with Crippen molar-refractivity contribution in [3.05, 3.63) is 53.9 Å². The van der Waals surface area contributed by atoms with E-state index < -0.39 is 0 Å². The number of carbonyl (C=O) groups excluding carboxylic acids is 2. The molecule has 0 spiro atoms. The lowest BCUT2D eigenvalue weighted by molar-refractivity contribution is -0.126. The van der Waals surface area contributed by atoms with Crippen molar-refractivity contribution in [1.82, 2.24) is 24.8 Å². The minimum Gasteiger partial charge on any atom is -0.354 e. The minimum absolute atomic E-state index is 0.0348. The number of anilines is 1. The molecule has 1 aliphatic carbocycles. The second-order valence-corrected chi connectivity index (χ2v) is 12.3. The topological polar surface area (TPSA) is 92.2 Å². The Labute approximate surface area is 237 Å². The first kappa shape index (κ1) is 28.3. The maximum absolute atomic E-state index is 13.1. The van der Waals surface area contributed by atoms with E-state index in [0.29, 0.717) is 11.5 Å². The van der Waals surface area contributed by atoms with Crippen LogP contribution in [0.3, 0.4) is 0 Å². The Balaban J connectivity index is 1.39. The van der Waals surface area contributed by atoms with Crippen LogP contribution in [0.25, 0.3) is 11.0 Å². The summed E-state index contributed by atoms with van der Waals surface area (Å²) in [6.45, 7) is 11.9. The predicted octanol–water partition coefficient (Wildman–Crippen LogP) is 5.81. The van der Waals surface area contributed by atoms with Crippen molar-refractivity contribution in [2.45, 2.75) is 84.8 Å². The van der Waals surface area contributed by atoms with Crippen molar-refractivity contribution < 1.29 is 9.59 Å². The lowest BCUT2D eigenvalue weighted by Gasteiger charge is -2.34. The number of imidazole rings is 1. The highest BCUT2D eigenvalue weighted by Gasteiger charge is 2.30. The number of pyridine rings is 1. The normalized spacial score (nSPS) is 20.8. The smallest absolute Gasteiger partial charge is 0.258 e. The molecule has 8 nitrogen and oxygen atoms in total. The molecule has 1 aromatic carbocycles. The molecule has 1 saturated carbocycles. The van der Waals surface area contributed by atoms with Gasteiger partial charge in [-0.2, -0.15) is 0 Å². The molecule has 8 heteroatoms. The van der Waals surface area contributed by atoms with Crippen LogP contribution in [0, 0.1) is 17.8 Å². The van der Waals surface area contributed by atoms with Crippen LogP contribution in [0.4, 0.5) is 5.95 Å². The molecule has 3 heterocycles. The highest BCUT2D eigenvalue weighted by atomic mass is 16.2. The fourth-order valence-electron chi connectivity index (χ4n) is 6.41. The second kappa shape index (κ2) is 12.5. The zero-order valence-electron chi connectivity index (χ0n) is 24.4. The molecule has 2 aromatic heterocycles. The SMILES string of the molecule is CC(C)NC(=O)C1CCC(n2c(NC(=O)c3ccncc3)nc3ccc(CN4CCC(C(C)C)CC4)cc32)CC1. The van der Waals surface area contributed by atoms with Gasteiger partial charge in [0.15, 0.2) is 0 Å². The van der Waals surface area contributed by atoms with Crippen LogP contribution in [-0.4, -0.2) is 50.4 Å². The number of aromatic nitrogens is 3. The van der Waals surface area contributed by atoms with E-state index in [0.717, 1.165) is 68.2 Å². The number of carbonyl (C=O) groups is 2. The number of piperidine rings is 1. The fraction of sp³-hybridized carbons (Fsp3) is 0.562. The third-order valence-electron chi connectivity index (χ3n) is 8.77. The van der Waals surface area contributed by atoms with Gasteiger partial charge in [0.05, 0.1) is 11.0 Å². The monoisotopic (exact) mass is 544 g/mol. The van der Waals surface area contributed by atoms with Gasteiger partial charge in [-0.15, -0.1) is 0 Å². The number of amides is 2. The molecule has 2 fully saturated rings. The Kier molecular flexibility index (Phi) is 8.84. The fourth-order valence-corrected chi connectivity index (χ4v) is 6.41. The number of hydrogen-bond acceptors (Lipinski definition) is 5. The van der Waals surface area contributed by atoms with E-state index >= 15 is 0 Å². The van der Waals surface area contributed by atoms with Crippen molar-refractivity contribution in [1.29, 1.82) is 0 Å². The summed E-state index contributed by atoms with van der Waals surface area (Å²) in [6, 6.07) is 10.3. The summed E-state index contributed by atoms with van der Waals surface area (Å²) < 4.78 is 2.22. The Morgan fingerprint density at radius 3 is 2.30 bits per heavy atom. The molecule has 3 aromatic rings. The van der Waals surface area contributed by atoms with Crippen LogP contribution >= 0.6 is 0 Å². The molecule has 2 N–H and O–H groups in total. The molecule has 2 aliphatic rings. The van der Waals surface area contributed by atoms with Gasteiger partial charge < -0.3 is 9.88 Å². The highest BCUT2D eigenvalue weighted by Crippen LogP contribution is 2.37. The van der Waals surface area contributed by atoms with Gasteiger partial charge in [-0.3, -0.25) is 24.8 Å². The number of benzene rings is 1. The van der Waals surface area contributed by atoms with Crippen molar-refractivity contribution in [3.8, 4) is 0 Å². The van der Waals surface area contributed by atoms with E-state index in [1.165, 1.54) is 18.4 Å². The van der Waals surface area contributed by atoms with Gasteiger partial charge >= 0.3 is 0 Å². The molecule has 1 saturated heterocycles. The molecule has 0 unspecified atom stereocenters. The van der Waals surface area contributed by atoms with Gasteiger partial charge in [0.2, 0.25) is 11.9 Å². The first-order valence-corrected chi connectivity index (χ1v) is 15.0. The van der Waals surface area contributed by atoms with E-state index in [1.54, 1.807) is 24.5 Å². The maximum atomic E-state index is 13.1. The lowest BCUT2D eigenvalue weighted by Crippen LogP contribution is -2.37. The van der Waals surface area contributed by atoms with Gasteiger partial charge in [0.25, 0.3) is 5.91 Å². The second-order valence-electron chi connectivity index (χ2n) is 12.3. The summed E-state index contributed by atoms with van der Waals surface area (Å²) in [5.41, 5.74) is 3.75. The number of nitrogens with one attached hydrogen (secondary N) is 2. The average Bonchev–Trinajstić information content (AvgIpc) is 3.30. The number of nitrogens with zero attached hydrogens (tertiary/aromatic N) is 4. The van der Waals surface area contributed by atoms with Crippen molar-refractivity contribution >= 4 is 28.8 Å². The third kappa shape index (κ3) is 6.54. The summed E-state index contributed by atoms with van der Waals surface area (Å²) in [5, 5.41) is 6.16. The van der Waals surface area contributed by atoms with E-state index in [-0.39, 0.29) is 29.8 Å². The largest absolute Gasteiger partial charge is 0.354 e. The summed E-state index contributed by atoms with van der Waals surface area (Å²) in [5.74, 6) is 2.13. The van der Waals surface area contributed by atoms with Crippen LogP contribution in [-0.2, 0) is 11.3 Å². The van der Waals surface area contributed by atoms with Crippen molar-refractivity contribution in [2.24, 2.45) is 17.8 Å². The Morgan fingerprint density at radius 1 is 0.950 bits per heavy atom. The first-order valence-electron chi connectivity index (χ1n) is 15.0. The van der Waals surface area contributed by atoms with Gasteiger partial charge in [-0.05, 0) is 107 Å². The summed E-state index contributed by atoms with van der Waals surface area (Å²) in [4.78, 5) is 37.3. The molecule has 0 bridgehead atoms. The Hall–Kier alpha value is -3.26. The molecular weight excluding hydrogens is 500 g/mol. The molecule has 214 valence electrons. The summed E-state index contributed by atoms with van der Waals surface area (Å²) in [6.07, 6.45) is 9.15. The number of fused-ring (bicyclic) bond motifs is 1. The Morgan fingerprint density at radius 2 is 1.65 bits per heavy atom. The van der Waals surface area contributed by atoms with E-state index in [9.17, 15) is 9.59 Å². The third-order valence-corrected chi connectivity index (χ3v) is 8.77. The van der Waals surface area contributed by atoms with Crippen LogP contribution in [0.2, 0.25) is 0 Å². The number of hydrogen-bond donors (Lipinski definition) is 2. The van der Waals surface area contributed by atoms with Crippen LogP contribution < -0.4 is 10.6 Å². The van der Waals surface area contributed by atoms with Gasteiger partial charge in [0, 0.05) is 42.5 Å². The zero-order valence-corrected chi connectivity index (χ0v) is 24.4. The van der Waals surface area contributed by atoms with Crippen LogP contribution in [0.5, 0.6) is 0 Å².